The van der Waals surface area contributed by atoms with Gasteiger partial charge in [-0.1, -0.05) is 0 Å². The van der Waals surface area contributed by atoms with Gasteiger partial charge in [-0.05, 0) is 46.5 Å². The summed E-state index contributed by atoms with van der Waals surface area (Å²) in [6, 6.07) is 2.32. The van der Waals surface area contributed by atoms with Gasteiger partial charge < -0.3 is 5.32 Å². The van der Waals surface area contributed by atoms with E-state index in [1.165, 1.54) is 0 Å². The molecule has 0 unspecified atom stereocenters. The van der Waals surface area contributed by atoms with Crippen molar-refractivity contribution < 1.29 is 4.79 Å². The molecule has 4 heteroatoms. The molecule has 78 valence electrons. The summed E-state index contributed by atoms with van der Waals surface area (Å²) < 4.78 is 0.909. The number of rotatable bonds is 3. The molecule has 1 aromatic rings. The lowest BCUT2D eigenvalue weighted by molar-refractivity contribution is -0.116. The van der Waals surface area contributed by atoms with Gasteiger partial charge in [0, 0.05) is 29.0 Å². The highest BCUT2D eigenvalue weighted by atomic mass is 79.9. The minimum absolute atomic E-state index is 0.0301. The number of hydrogen-bond donors (Lipinski definition) is 1. The maximum atomic E-state index is 11.3. The first kappa shape index (κ1) is 10.4. The summed E-state index contributed by atoms with van der Waals surface area (Å²) >= 11 is 3.32. The van der Waals surface area contributed by atoms with E-state index in [2.05, 4.69) is 26.2 Å². The molecule has 0 saturated heterocycles. The molecule has 1 aliphatic carbocycles. The first-order valence-electron chi connectivity index (χ1n) is 4.83. The van der Waals surface area contributed by atoms with E-state index in [-0.39, 0.29) is 5.91 Å². The number of hydrogen-bond acceptors (Lipinski definition) is 2. The molecule has 0 atom stereocenters. The van der Waals surface area contributed by atoms with Crippen molar-refractivity contribution in [2.24, 2.45) is 0 Å². The molecule has 1 aromatic heterocycles. The van der Waals surface area contributed by atoms with Gasteiger partial charge in [-0.15, -0.1) is 0 Å². The fraction of sp³-hybridized carbons (Fsp3) is 0.273. The van der Waals surface area contributed by atoms with Crippen LogP contribution in [-0.2, 0) is 4.79 Å². The predicted octanol–water partition coefficient (Wildman–Crippen LogP) is 2.14. The number of carbonyl (C=O) groups is 1. The monoisotopic (exact) mass is 266 g/mol. The molecule has 0 spiro atoms. The third-order valence-corrected chi connectivity index (χ3v) is 2.51. The minimum Gasteiger partial charge on any atom is -0.350 e. The lowest BCUT2D eigenvalue weighted by atomic mass is 10.2. The van der Waals surface area contributed by atoms with Crippen LogP contribution in [0.4, 0.5) is 0 Å². The SMILES string of the molecule is O=C(/C=C/c1cncc(Br)c1)NC1CC1. The second kappa shape index (κ2) is 4.57. The van der Waals surface area contributed by atoms with Crippen molar-refractivity contribution >= 4 is 27.9 Å². The maximum absolute atomic E-state index is 11.3. The number of pyridine rings is 1. The van der Waals surface area contributed by atoms with Crippen molar-refractivity contribution in [2.45, 2.75) is 18.9 Å². The van der Waals surface area contributed by atoms with Crippen molar-refractivity contribution in [1.82, 2.24) is 10.3 Å². The van der Waals surface area contributed by atoms with Gasteiger partial charge in [-0.25, -0.2) is 0 Å². The predicted molar refractivity (Wildman–Crippen MR) is 62.1 cm³/mol. The smallest absolute Gasteiger partial charge is 0.244 e. The van der Waals surface area contributed by atoms with Gasteiger partial charge in [0.25, 0.3) is 0 Å². The number of amides is 1. The van der Waals surface area contributed by atoms with E-state index in [1.54, 1.807) is 24.5 Å². The zero-order valence-corrected chi connectivity index (χ0v) is 9.70. The van der Waals surface area contributed by atoms with Crippen LogP contribution in [0.5, 0.6) is 0 Å². The third-order valence-electron chi connectivity index (χ3n) is 2.08. The normalized spacial score (nSPS) is 15.5. The summed E-state index contributed by atoms with van der Waals surface area (Å²) in [7, 11) is 0. The van der Waals surface area contributed by atoms with E-state index in [4.69, 9.17) is 0 Å². The highest BCUT2D eigenvalue weighted by Crippen LogP contribution is 2.18. The average Bonchev–Trinajstić information content (AvgIpc) is 2.99. The van der Waals surface area contributed by atoms with E-state index in [0.29, 0.717) is 6.04 Å². The zero-order valence-electron chi connectivity index (χ0n) is 8.11. The second-order valence-electron chi connectivity index (χ2n) is 3.55. The topological polar surface area (TPSA) is 42.0 Å². The second-order valence-corrected chi connectivity index (χ2v) is 4.47. The van der Waals surface area contributed by atoms with E-state index in [9.17, 15) is 4.79 Å². The summed E-state index contributed by atoms with van der Waals surface area (Å²) in [6.45, 7) is 0. The van der Waals surface area contributed by atoms with Crippen LogP contribution in [0.15, 0.2) is 29.0 Å². The highest BCUT2D eigenvalue weighted by molar-refractivity contribution is 9.10. The summed E-state index contributed by atoms with van der Waals surface area (Å²) in [4.78, 5) is 15.3. The summed E-state index contributed by atoms with van der Waals surface area (Å²) in [5.74, 6) is -0.0301. The minimum atomic E-state index is -0.0301. The lowest BCUT2D eigenvalue weighted by Gasteiger charge is -1.97. The van der Waals surface area contributed by atoms with Crippen molar-refractivity contribution in [2.75, 3.05) is 0 Å². The van der Waals surface area contributed by atoms with Crippen molar-refractivity contribution in [3.63, 3.8) is 0 Å². The largest absolute Gasteiger partial charge is 0.350 e. The van der Waals surface area contributed by atoms with Crippen molar-refractivity contribution in [3.05, 3.63) is 34.6 Å². The average molecular weight is 267 g/mol. The van der Waals surface area contributed by atoms with Gasteiger partial charge in [-0.2, -0.15) is 0 Å². The Morgan fingerprint density at radius 3 is 3.00 bits per heavy atom. The summed E-state index contributed by atoms with van der Waals surface area (Å²) in [5, 5.41) is 2.88. The fourth-order valence-electron chi connectivity index (χ4n) is 1.17. The molecular weight excluding hydrogens is 256 g/mol. The molecule has 1 N–H and O–H groups in total. The van der Waals surface area contributed by atoms with Crippen LogP contribution in [0, 0.1) is 0 Å². The molecule has 15 heavy (non-hydrogen) atoms. The number of nitrogens with one attached hydrogen (secondary N) is 1. The van der Waals surface area contributed by atoms with Crippen LogP contribution in [-0.4, -0.2) is 16.9 Å². The third kappa shape index (κ3) is 3.47. The Hall–Kier alpha value is -1.16. The molecule has 1 amide bonds. The van der Waals surface area contributed by atoms with Gasteiger partial charge in [0.05, 0.1) is 0 Å². The van der Waals surface area contributed by atoms with E-state index >= 15 is 0 Å². The number of carbonyl (C=O) groups excluding carboxylic acids is 1. The van der Waals surface area contributed by atoms with Crippen LogP contribution in [0.2, 0.25) is 0 Å². The Bertz CT molecular complexity index is 399. The number of nitrogens with zero attached hydrogens (tertiary/aromatic N) is 1. The molecule has 0 bridgehead atoms. The summed E-state index contributed by atoms with van der Waals surface area (Å²) in [5.41, 5.74) is 0.912. The van der Waals surface area contributed by atoms with Gasteiger partial charge in [0.15, 0.2) is 0 Å². The Morgan fingerprint density at radius 2 is 2.33 bits per heavy atom. The van der Waals surface area contributed by atoms with E-state index in [0.717, 1.165) is 22.9 Å². The van der Waals surface area contributed by atoms with Crippen LogP contribution in [0.3, 0.4) is 0 Å². The van der Waals surface area contributed by atoms with Gasteiger partial charge >= 0.3 is 0 Å². The molecule has 1 saturated carbocycles. The van der Waals surface area contributed by atoms with Crippen LogP contribution in [0.25, 0.3) is 6.08 Å². The van der Waals surface area contributed by atoms with Gasteiger partial charge in [0.1, 0.15) is 0 Å². The first-order chi connectivity index (χ1) is 7.24. The molecule has 3 nitrogen and oxygen atoms in total. The molecule has 0 aliphatic heterocycles. The number of halogens is 1. The maximum Gasteiger partial charge on any atom is 0.244 e. The van der Waals surface area contributed by atoms with Gasteiger partial charge in [0.2, 0.25) is 5.91 Å². The molecule has 2 rings (SSSR count). The molecule has 0 aromatic carbocycles. The lowest BCUT2D eigenvalue weighted by Crippen LogP contribution is -2.22. The Labute approximate surface area is 96.7 Å². The highest BCUT2D eigenvalue weighted by Gasteiger charge is 2.21. The Kier molecular flexibility index (Phi) is 3.16. The quantitative estimate of drug-likeness (QED) is 0.852. The fourth-order valence-corrected chi connectivity index (χ4v) is 1.55. The number of aromatic nitrogens is 1. The molecule has 0 radical (unpaired) electrons. The van der Waals surface area contributed by atoms with Crippen LogP contribution in [0.1, 0.15) is 18.4 Å². The zero-order chi connectivity index (χ0) is 10.7. The van der Waals surface area contributed by atoms with E-state index in [1.807, 2.05) is 6.07 Å². The van der Waals surface area contributed by atoms with Crippen LogP contribution >= 0.6 is 15.9 Å². The van der Waals surface area contributed by atoms with Gasteiger partial charge in [-0.3, -0.25) is 9.78 Å². The molecular formula is C11H11BrN2O. The van der Waals surface area contributed by atoms with E-state index < -0.39 is 0 Å². The van der Waals surface area contributed by atoms with Crippen molar-refractivity contribution in [3.8, 4) is 0 Å². The molecule has 1 aliphatic rings. The Balaban J connectivity index is 1.94. The molecule has 1 fully saturated rings. The Morgan fingerprint density at radius 1 is 1.53 bits per heavy atom. The standard InChI is InChI=1S/C11H11BrN2O/c12-9-5-8(6-13-7-9)1-4-11(15)14-10-2-3-10/h1,4-7,10H,2-3H2,(H,14,15)/b4-1+. The molecule has 1 heterocycles. The first-order valence-corrected chi connectivity index (χ1v) is 5.62. The van der Waals surface area contributed by atoms with Crippen molar-refractivity contribution in [1.29, 1.82) is 0 Å². The van der Waals surface area contributed by atoms with Crippen LogP contribution < -0.4 is 5.32 Å². The summed E-state index contributed by atoms with van der Waals surface area (Å²) in [6.07, 6.45) is 8.95.